The number of rotatable bonds is 4. The molecule has 1 aliphatic carbocycles. The van der Waals surface area contributed by atoms with E-state index in [-0.39, 0.29) is 11.8 Å². The lowest BCUT2D eigenvalue weighted by Crippen LogP contribution is -2.49. The van der Waals surface area contributed by atoms with Gasteiger partial charge in [-0.25, -0.2) is 4.98 Å². The highest BCUT2D eigenvalue weighted by Crippen LogP contribution is 2.48. The number of ether oxygens (including phenoxy) is 1. The fraction of sp³-hybridized carbons (Fsp3) is 0.529. The van der Waals surface area contributed by atoms with Crippen LogP contribution in [0.1, 0.15) is 17.9 Å². The summed E-state index contributed by atoms with van der Waals surface area (Å²) in [5.41, 5.74) is 1.17. The Balaban J connectivity index is 1.33. The molecule has 0 radical (unpaired) electrons. The largest absolute Gasteiger partial charge is 0.481 e. The Labute approximate surface area is 146 Å². The van der Waals surface area contributed by atoms with Gasteiger partial charge in [-0.05, 0) is 17.9 Å². The number of nitrogens with zero attached hydrogens (tertiary/aromatic N) is 6. The van der Waals surface area contributed by atoms with Crippen LogP contribution in [-0.4, -0.2) is 63.8 Å². The molecule has 1 saturated carbocycles. The molecule has 25 heavy (non-hydrogen) atoms. The minimum atomic E-state index is 0.115. The molecule has 4 rings (SSSR count). The third-order valence-electron chi connectivity index (χ3n) is 4.96. The second kappa shape index (κ2) is 6.34. The van der Waals surface area contributed by atoms with Gasteiger partial charge in [-0.1, -0.05) is 0 Å². The van der Waals surface area contributed by atoms with Crippen LogP contribution in [0.5, 0.6) is 5.88 Å². The Morgan fingerprint density at radius 3 is 2.76 bits per heavy atom. The van der Waals surface area contributed by atoms with Gasteiger partial charge < -0.3 is 14.5 Å². The maximum atomic E-state index is 12.7. The minimum absolute atomic E-state index is 0.115. The van der Waals surface area contributed by atoms with Crippen molar-refractivity contribution in [2.24, 2.45) is 13.0 Å². The molecular formula is C17H22N6O2. The van der Waals surface area contributed by atoms with Gasteiger partial charge in [-0.15, -0.1) is 0 Å². The van der Waals surface area contributed by atoms with E-state index >= 15 is 0 Å². The maximum Gasteiger partial charge on any atom is 0.228 e. The van der Waals surface area contributed by atoms with Gasteiger partial charge in [-0.2, -0.15) is 10.1 Å². The normalized spacial score (nSPS) is 22.8. The Bertz CT molecular complexity index is 768. The molecule has 2 atom stereocenters. The van der Waals surface area contributed by atoms with Crippen LogP contribution in [0.3, 0.4) is 0 Å². The van der Waals surface area contributed by atoms with Crippen LogP contribution in [0.15, 0.2) is 24.7 Å². The summed E-state index contributed by atoms with van der Waals surface area (Å²) >= 11 is 0. The number of aryl methyl sites for hydroxylation is 1. The Kier molecular flexibility index (Phi) is 4.03. The van der Waals surface area contributed by atoms with E-state index in [9.17, 15) is 4.79 Å². The fourth-order valence-electron chi connectivity index (χ4n) is 3.43. The molecule has 0 bridgehead atoms. The van der Waals surface area contributed by atoms with E-state index in [1.54, 1.807) is 24.1 Å². The predicted octanol–water partition coefficient (Wildman–Crippen LogP) is 0.671. The molecule has 0 spiro atoms. The molecule has 0 N–H and O–H groups in total. The van der Waals surface area contributed by atoms with Crippen molar-refractivity contribution in [3.05, 3.63) is 30.2 Å². The molecule has 1 aliphatic heterocycles. The first-order valence-electron chi connectivity index (χ1n) is 8.55. The molecule has 2 aliphatic rings. The zero-order chi connectivity index (χ0) is 17.4. The quantitative estimate of drug-likeness (QED) is 0.813. The number of hydrogen-bond donors (Lipinski definition) is 0. The first kappa shape index (κ1) is 15.9. The highest BCUT2D eigenvalue weighted by Gasteiger charge is 2.46. The second-order valence-corrected chi connectivity index (χ2v) is 6.61. The number of aromatic nitrogens is 4. The molecule has 2 aromatic heterocycles. The average Bonchev–Trinajstić information content (AvgIpc) is 3.35. The van der Waals surface area contributed by atoms with E-state index in [0.717, 1.165) is 19.5 Å². The van der Waals surface area contributed by atoms with Crippen LogP contribution < -0.4 is 9.64 Å². The second-order valence-electron chi connectivity index (χ2n) is 6.61. The molecule has 1 amide bonds. The molecule has 3 heterocycles. The monoisotopic (exact) mass is 342 g/mol. The van der Waals surface area contributed by atoms with Gasteiger partial charge >= 0.3 is 0 Å². The Hall–Kier alpha value is -2.64. The van der Waals surface area contributed by atoms with Crippen LogP contribution in [-0.2, 0) is 11.8 Å². The van der Waals surface area contributed by atoms with Gasteiger partial charge in [0.25, 0.3) is 0 Å². The number of hydrogen-bond acceptors (Lipinski definition) is 6. The first-order chi connectivity index (χ1) is 12.2. The average molecular weight is 342 g/mol. The predicted molar refractivity (Wildman–Crippen MR) is 91.4 cm³/mol. The molecule has 0 aromatic carbocycles. The summed E-state index contributed by atoms with van der Waals surface area (Å²) in [6, 6.07) is 1.73. The lowest BCUT2D eigenvalue weighted by atomic mass is 10.1. The van der Waals surface area contributed by atoms with E-state index in [4.69, 9.17) is 4.74 Å². The van der Waals surface area contributed by atoms with Gasteiger partial charge in [0.15, 0.2) is 0 Å². The third-order valence-corrected chi connectivity index (χ3v) is 4.96. The highest BCUT2D eigenvalue weighted by molar-refractivity contribution is 5.83. The summed E-state index contributed by atoms with van der Waals surface area (Å²) in [6.45, 7) is 2.89. The van der Waals surface area contributed by atoms with Crippen LogP contribution in [0.25, 0.3) is 0 Å². The van der Waals surface area contributed by atoms with E-state index in [1.807, 2.05) is 24.3 Å². The molecule has 2 aromatic rings. The number of amides is 1. The lowest BCUT2D eigenvalue weighted by molar-refractivity contribution is -0.133. The van der Waals surface area contributed by atoms with Gasteiger partial charge in [0.2, 0.25) is 17.7 Å². The van der Waals surface area contributed by atoms with Crippen LogP contribution >= 0.6 is 0 Å². The van der Waals surface area contributed by atoms with Crippen molar-refractivity contribution < 1.29 is 9.53 Å². The minimum Gasteiger partial charge on any atom is -0.481 e. The van der Waals surface area contributed by atoms with E-state index < -0.39 is 0 Å². The van der Waals surface area contributed by atoms with Gasteiger partial charge in [0.05, 0.1) is 13.3 Å². The van der Waals surface area contributed by atoms with Crippen LogP contribution in [0.4, 0.5) is 5.95 Å². The number of carbonyl (C=O) groups excluding carboxylic acids is 1. The van der Waals surface area contributed by atoms with Gasteiger partial charge in [-0.3, -0.25) is 9.48 Å². The highest BCUT2D eigenvalue weighted by atomic mass is 16.5. The van der Waals surface area contributed by atoms with Crippen LogP contribution in [0, 0.1) is 5.92 Å². The SMILES string of the molecule is COc1ccnc(N2CCN(C(=O)[C@@H]3C[C@@H]3c3cnn(C)c3)CC2)n1. The smallest absolute Gasteiger partial charge is 0.228 e. The molecule has 8 nitrogen and oxygen atoms in total. The summed E-state index contributed by atoms with van der Waals surface area (Å²) in [5, 5.41) is 4.20. The summed E-state index contributed by atoms with van der Waals surface area (Å²) < 4.78 is 6.94. The van der Waals surface area contributed by atoms with E-state index in [2.05, 4.69) is 20.0 Å². The number of piperazine rings is 1. The topological polar surface area (TPSA) is 76.4 Å². The summed E-state index contributed by atoms with van der Waals surface area (Å²) in [5.74, 6) is 1.93. The van der Waals surface area contributed by atoms with Crippen molar-refractivity contribution >= 4 is 11.9 Å². The molecule has 1 saturated heterocycles. The van der Waals surface area contributed by atoms with Crippen molar-refractivity contribution in [1.29, 1.82) is 0 Å². The molecule has 0 unspecified atom stereocenters. The third kappa shape index (κ3) is 3.16. The van der Waals surface area contributed by atoms with Gasteiger partial charge in [0, 0.05) is 57.6 Å². The summed E-state index contributed by atoms with van der Waals surface area (Å²) in [4.78, 5) is 25.5. The summed E-state index contributed by atoms with van der Waals surface area (Å²) in [6.07, 6.45) is 6.51. The zero-order valence-electron chi connectivity index (χ0n) is 14.5. The Morgan fingerprint density at radius 1 is 1.28 bits per heavy atom. The maximum absolute atomic E-state index is 12.7. The lowest BCUT2D eigenvalue weighted by Gasteiger charge is -2.35. The van der Waals surface area contributed by atoms with Crippen molar-refractivity contribution in [3.63, 3.8) is 0 Å². The first-order valence-corrected chi connectivity index (χ1v) is 8.55. The van der Waals surface area contributed by atoms with Crippen molar-refractivity contribution in [2.45, 2.75) is 12.3 Å². The zero-order valence-corrected chi connectivity index (χ0v) is 14.5. The summed E-state index contributed by atoms with van der Waals surface area (Å²) in [7, 11) is 3.50. The molecular weight excluding hydrogens is 320 g/mol. The van der Waals surface area contributed by atoms with Gasteiger partial charge in [0.1, 0.15) is 0 Å². The molecule has 8 heteroatoms. The Morgan fingerprint density at radius 2 is 2.08 bits per heavy atom. The number of methoxy groups -OCH3 is 1. The van der Waals surface area contributed by atoms with E-state index in [1.165, 1.54) is 5.56 Å². The number of anilines is 1. The number of carbonyl (C=O) groups is 1. The van der Waals surface area contributed by atoms with Crippen LogP contribution in [0.2, 0.25) is 0 Å². The fourth-order valence-corrected chi connectivity index (χ4v) is 3.43. The van der Waals surface area contributed by atoms with Crippen molar-refractivity contribution in [3.8, 4) is 5.88 Å². The molecule has 132 valence electrons. The van der Waals surface area contributed by atoms with Crippen molar-refractivity contribution in [1.82, 2.24) is 24.6 Å². The van der Waals surface area contributed by atoms with E-state index in [0.29, 0.717) is 30.8 Å². The standard InChI is InChI=1S/C17H22N6O2/c1-21-11-12(10-19-21)13-9-14(13)16(24)22-5-7-23(8-6-22)17-18-4-3-15(20-17)25-2/h3-4,10-11,13-14H,5-9H2,1-2H3/t13-,14-/m1/s1. The molecule has 2 fully saturated rings. The van der Waals surface area contributed by atoms with Crippen molar-refractivity contribution in [2.75, 3.05) is 38.2 Å².